The Bertz CT molecular complexity index is 219. The van der Waals surface area contributed by atoms with E-state index in [1.165, 1.54) is 0 Å². The van der Waals surface area contributed by atoms with E-state index in [-0.39, 0.29) is 16.7 Å². The van der Waals surface area contributed by atoms with E-state index < -0.39 is 0 Å². The van der Waals surface area contributed by atoms with Gasteiger partial charge in [-0.25, -0.2) is 0 Å². The quantitative estimate of drug-likeness (QED) is 0.734. The van der Waals surface area contributed by atoms with Crippen molar-refractivity contribution in [2.45, 2.75) is 72.9 Å². The predicted molar refractivity (Wildman–Crippen MR) is 66.0 cm³/mol. The van der Waals surface area contributed by atoms with E-state index >= 15 is 0 Å². The molecule has 0 heterocycles. The maximum absolute atomic E-state index is 11.5. The van der Waals surface area contributed by atoms with Crippen LogP contribution in [0.4, 0.5) is 0 Å². The molecule has 0 aliphatic carbocycles. The van der Waals surface area contributed by atoms with Crippen LogP contribution in [0.15, 0.2) is 0 Å². The van der Waals surface area contributed by atoms with Crippen molar-refractivity contribution in [2.24, 2.45) is 5.41 Å². The lowest BCUT2D eigenvalue weighted by Gasteiger charge is -2.36. The Balaban J connectivity index is 4.43. The van der Waals surface area contributed by atoms with Gasteiger partial charge in [-0.05, 0) is 40.5 Å². The molecular weight excluding hydrogens is 186 g/mol. The number of ketones is 1. The van der Waals surface area contributed by atoms with E-state index in [2.05, 4.69) is 33.0 Å². The Morgan fingerprint density at radius 2 is 1.73 bits per heavy atom. The van der Waals surface area contributed by atoms with E-state index in [0.717, 1.165) is 12.8 Å². The van der Waals surface area contributed by atoms with Gasteiger partial charge < -0.3 is 5.32 Å². The number of rotatable bonds is 6. The molecule has 0 aromatic heterocycles. The molecule has 1 unspecified atom stereocenters. The number of hydrogen-bond donors (Lipinski definition) is 1. The molecule has 0 saturated heterocycles. The second kappa shape index (κ2) is 5.11. The third-order valence-corrected chi connectivity index (χ3v) is 3.09. The van der Waals surface area contributed by atoms with Crippen molar-refractivity contribution in [3.63, 3.8) is 0 Å². The van der Waals surface area contributed by atoms with Crippen LogP contribution in [0.25, 0.3) is 0 Å². The first-order valence-electron chi connectivity index (χ1n) is 5.89. The van der Waals surface area contributed by atoms with Gasteiger partial charge in [0.15, 0.2) is 0 Å². The maximum Gasteiger partial charge on any atom is 0.135 e. The van der Waals surface area contributed by atoms with Crippen LogP contribution < -0.4 is 5.32 Å². The lowest BCUT2D eigenvalue weighted by atomic mass is 9.77. The molecule has 0 saturated carbocycles. The van der Waals surface area contributed by atoms with Gasteiger partial charge in [-0.2, -0.15) is 0 Å². The van der Waals surface area contributed by atoms with Crippen molar-refractivity contribution >= 4 is 5.78 Å². The summed E-state index contributed by atoms with van der Waals surface area (Å²) in [7, 11) is 0. The molecule has 90 valence electrons. The highest BCUT2D eigenvalue weighted by molar-refractivity contribution is 5.81. The molecule has 0 spiro atoms. The Labute approximate surface area is 94.8 Å². The summed E-state index contributed by atoms with van der Waals surface area (Å²) in [6.07, 6.45) is 1.99. The number of carbonyl (C=O) groups is 1. The van der Waals surface area contributed by atoms with Crippen molar-refractivity contribution in [1.29, 1.82) is 0 Å². The molecule has 0 aliphatic heterocycles. The summed E-state index contributed by atoms with van der Waals surface area (Å²) in [6.45, 7) is 14.4. The van der Waals surface area contributed by atoms with Crippen molar-refractivity contribution < 1.29 is 4.79 Å². The second-order valence-electron chi connectivity index (χ2n) is 5.95. The summed E-state index contributed by atoms with van der Waals surface area (Å²) in [5.41, 5.74) is -0.214. The van der Waals surface area contributed by atoms with E-state index in [1.807, 2.05) is 13.8 Å². The van der Waals surface area contributed by atoms with Crippen LogP contribution in [-0.2, 0) is 4.79 Å². The first-order chi connectivity index (χ1) is 6.60. The molecule has 0 rings (SSSR count). The molecule has 1 atom stereocenters. The topological polar surface area (TPSA) is 29.1 Å². The first-order valence-corrected chi connectivity index (χ1v) is 5.89. The number of carbonyl (C=O) groups excluding carboxylic acids is 1. The lowest BCUT2D eigenvalue weighted by molar-refractivity contribution is -0.126. The van der Waals surface area contributed by atoms with Crippen LogP contribution >= 0.6 is 0 Å². The normalized spacial score (nSPS) is 15.1. The zero-order valence-electron chi connectivity index (χ0n) is 11.4. The van der Waals surface area contributed by atoms with Crippen LogP contribution in [0.2, 0.25) is 0 Å². The molecule has 0 aliphatic rings. The summed E-state index contributed by atoms with van der Waals surface area (Å²) in [6, 6.07) is 0.503. The molecule has 0 fully saturated rings. The SMILES string of the molecule is CCC(C)NC(C)(C)CC(C)(C)C(C)=O. The average molecular weight is 213 g/mol. The molecule has 15 heavy (non-hydrogen) atoms. The Kier molecular flexibility index (Phi) is 4.98. The Hall–Kier alpha value is -0.370. The van der Waals surface area contributed by atoms with Crippen molar-refractivity contribution in [2.75, 3.05) is 0 Å². The molecule has 0 bridgehead atoms. The summed E-state index contributed by atoms with van der Waals surface area (Å²) in [4.78, 5) is 11.5. The van der Waals surface area contributed by atoms with Gasteiger partial charge >= 0.3 is 0 Å². The largest absolute Gasteiger partial charge is 0.309 e. The average Bonchev–Trinajstić information content (AvgIpc) is 2.00. The molecule has 2 nitrogen and oxygen atoms in total. The molecule has 1 N–H and O–H groups in total. The maximum atomic E-state index is 11.5. The summed E-state index contributed by atoms with van der Waals surface area (Å²) in [5, 5.41) is 3.56. The second-order valence-corrected chi connectivity index (χ2v) is 5.95. The molecule has 2 heteroatoms. The van der Waals surface area contributed by atoms with Crippen LogP contribution in [0, 0.1) is 5.41 Å². The highest BCUT2D eigenvalue weighted by atomic mass is 16.1. The van der Waals surface area contributed by atoms with Crippen molar-refractivity contribution in [3.05, 3.63) is 0 Å². The van der Waals surface area contributed by atoms with Gasteiger partial charge in [0.25, 0.3) is 0 Å². The van der Waals surface area contributed by atoms with Gasteiger partial charge in [-0.15, -0.1) is 0 Å². The van der Waals surface area contributed by atoms with Crippen LogP contribution in [0.3, 0.4) is 0 Å². The number of Topliss-reactive ketones (excluding diaryl/α,β-unsaturated/α-hetero) is 1. The predicted octanol–water partition coefficient (Wildman–Crippen LogP) is 3.16. The fourth-order valence-corrected chi connectivity index (χ4v) is 2.05. The monoisotopic (exact) mass is 213 g/mol. The van der Waals surface area contributed by atoms with Crippen LogP contribution in [0.5, 0.6) is 0 Å². The smallest absolute Gasteiger partial charge is 0.135 e. The molecule has 0 amide bonds. The third-order valence-electron chi connectivity index (χ3n) is 3.09. The fraction of sp³-hybridized carbons (Fsp3) is 0.923. The lowest BCUT2D eigenvalue weighted by Crippen LogP contribution is -2.48. The van der Waals surface area contributed by atoms with E-state index in [4.69, 9.17) is 0 Å². The zero-order valence-corrected chi connectivity index (χ0v) is 11.4. The highest BCUT2D eigenvalue weighted by Gasteiger charge is 2.32. The highest BCUT2D eigenvalue weighted by Crippen LogP contribution is 2.29. The van der Waals surface area contributed by atoms with E-state index in [0.29, 0.717) is 6.04 Å². The van der Waals surface area contributed by atoms with Gasteiger partial charge in [0.2, 0.25) is 0 Å². The van der Waals surface area contributed by atoms with Gasteiger partial charge in [0.1, 0.15) is 5.78 Å². The van der Waals surface area contributed by atoms with E-state index in [9.17, 15) is 4.79 Å². The zero-order chi connectivity index (χ0) is 12.3. The molecule has 0 aromatic rings. The van der Waals surface area contributed by atoms with E-state index in [1.54, 1.807) is 6.92 Å². The Morgan fingerprint density at radius 3 is 2.07 bits per heavy atom. The standard InChI is InChI=1S/C13H27NO/c1-8-10(2)14-13(6,7)9-12(4,5)11(3)15/h10,14H,8-9H2,1-7H3. The summed E-state index contributed by atoms with van der Waals surface area (Å²) in [5.74, 6) is 0.265. The molecule has 0 aromatic carbocycles. The first kappa shape index (κ1) is 14.6. The fourth-order valence-electron chi connectivity index (χ4n) is 2.05. The van der Waals surface area contributed by atoms with Gasteiger partial charge in [-0.3, -0.25) is 4.79 Å². The van der Waals surface area contributed by atoms with Crippen molar-refractivity contribution in [3.8, 4) is 0 Å². The van der Waals surface area contributed by atoms with Crippen LogP contribution in [0.1, 0.15) is 61.3 Å². The number of hydrogen-bond acceptors (Lipinski definition) is 2. The third kappa shape index (κ3) is 5.31. The van der Waals surface area contributed by atoms with Gasteiger partial charge in [-0.1, -0.05) is 20.8 Å². The minimum atomic E-state index is -0.232. The minimum absolute atomic E-state index is 0.0184. The summed E-state index contributed by atoms with van der Waals surface area (Å²) >= 11 is 0. The minimum Gasteiger partial charge on any atom is -0.309 e. The summed E-state index contributed by atoms with van der Waals surface area (Å²) < 4.78 is 0. The Morgan fingerprint density at radius 1 is 1.27 bits per heavy atom. The molecular formula is C13H27NO. The van der Waals surface area contributed by atoms with Crippen LogP contribution in [-0.4, -0.2) is 17.4 Å². The van der Waals surface area contributed by atoms with Crippen molar-refractivity contribution in [1.82, 2.24) is 5.32 Å². The number of nitrogens with one attached hydrogen (secondary N) is 1. The molecule has 0 radical (unpaired) electrons. The van der Waals surface area contributed by atoms with Gasteiger partial charge in [0.05, 0.1) is 0 Å². The van der Waals surface area contributed by atoms with Gasteiger partial charge in [0, 0.05) is 17.0 Å².